The van der Waals surface area contributed by atoms with E-state index >= 15 is 0 Å². The lowest BCUT2D eigenvalue weighted by Gasteiger charge is -2.08. The quantitative estimate of drug-likeness (QED) is 0.761. The molecule has 0 bridgehead atoms. The first-order valence-electron chi connectivity index (χ1n) is 6.85. The van der Waals surface area contributed by atoms with Gasteiger partial charge in [-0.15, -0.1) is 10.2 Å². The van der Waals surface area contributed by atoms with Gasteiger partial charge in [0.05, 0.1) is 13.7 Å². The molecule has 0 aliphatic rings. The lowest BCUT2D eigenvalue weighted by molar-refractivity contribution is 0.0505. The Morgan fingerprint density at radius 1 is 1.24 bits per heavy atom. The summed E-state index contributed by atoms with van der Waals surface area (Å²) in [5.41, 5.74) is 1.15. The van der Waals surface area contributed by atoms with Crippen molar-refractivity contribution in [1.82, 2.24) is 14.8 Å². The van der Waals surface area contributed by atoms with Gasteiger partial charge in [0, 0.05) is 6.54 Å². The van der Waals surface area contributed by atoms with Gasteiger partial charge in [-0.1, -0.05) is 12.1 Å². The molecule has 0 saturated carbocycles. The molecule has 0 fully saturated rings. The Labute approximate surface area is 123 Å². The van der Waals surface area contributed by atoms with Crippen LogP contribution in [-0.2, 0) is 17.7 Å². The van der Waals surface area contributed by atoms with Gasteiger partial charge in [-0.3, -0.25) is 0 Å². The summed E-state index contributed by atoms with van der Waals surface area (Å²) in [7, 11) is 1.64. The number of benzene rings is 1. The predicted molar refractivity (Wildman–Crippen MR) is 77.4 cm³/mol. The number of carbonyl (C=O) groups is 1. The van der Waals surface area contributed by atoms with Crippen molar-refractivity contribution in [1.29, 1.82) is 0 Å². The van der Waals surface area contributed by atoms with Gasteiger partial charge in [0.2, 0.25) is 5.82 Å². The van der Waals surface area contributed by atoms with E-state index in [1.54, 1.807) is 18.6 Å². The Bertz CT molecular complexity index is 605. The van der Waals surface area contributed by atoms with Gasteiger partial charge >= 0.3 is 5.97 Å². The maximum absolute atomic E-state index is 11.8. The molecule has 0 saturated heterocycles. The van der Waals surface area contributed by atoms with Gasteiger partial charge < -0.3 is 14.0 Å². The lowest BCUT2D eigenvalue weighted by Crippen LogP contribution is -2.15. The fraction of sp³-hybridized carbons (Fsp3) is 0.400. The van der Waals surface area contributed by atoms with Gasteiger partial charge in [-0.05, 0) is 38.0 Å². The van der Waals surface area contributed by atoms with Gasteiger partial charge in [-0.25, -0.2) is 4.79 Å². The van der Waals surface area contributed by atoms with E-state index in [9.17, 15) is 4.79 Å². The summed E-state index contributed by atoms with van der Waals surface area (Å²) in [5.74, 6) is 1.34. The largest absolute Gasteiger partial charge is 0.497 e. The van der Waals surface area contributed by atoms with Crippen LogP contribution >= 0.6 is 0 Å². The minimum absolute atomic E-state index is 0.253. The molecule has 0 radical (unpaired) electrons. The maximum Gasteiger partial charge on any atom is 0.376 e. The highest BCUT2D eigenvalue weighted by Crippen LogP contribution is 2.13. The molecule has 21 heavy (non-hydrogen) atoms. The number of hydrogen-bond acceptors (Lipinski definition) is 5. The van der Waals surface area contributed by atoms with Crippen molar-refractivity contribution < 1.29 is 14.3 Å². The zero-order valence-corrected chi connectivity index (χ0v) is 12.5. The highest BCUT2D eigenvalue weighted by molar-refractivity contribution is 5.85. The van der Waals surface area contributed by atoms with Crippen molar-refractivity contribution >= 4 is 5.97 Å². The number of aromatic nitrogens is 3. The monoisotopic (exact) mass is 289 g/mol. The van der Waals surface area contributed by atoms with Crippen molar-refractivity contribution in [3.8, 4) is 5.75 Å². The van der Waals surface area contributed by atoms with E-state index in [0.717, 1.165) is 17.7 Å². The number of carbonyl (C=O) groups excluding carboxylic acids is 1. The van der Waals surface area contributed by atoms with Crippen molar-refractivity contribution in [3.63, 3.8) is 0 Å². The summed E-state index contributed by atoms with van der Waals surface area (Å²) in [5, 5.41) is 7.84. The van der Waals surface area contributed by atoms with E-state index in [4.69, 9.17) is 9.47 Å². The number of aryl methyl sites for hydroxylation is 2. The first-order valence-corrected chi connectivity index (χ1v) is 6.85. The van der Waals surface area contributed by atoms with Crippen LogP contribution in [0.2, 0.25) is 0 Å². The zero-order chi connectivity index (χ0) is 15.2. The van der Waals surface area contributed by atoms with Crippen LogP contribution < -0.4 is 4.74 Å². The smallest absolute Gasteiger partial charge is 0.376 e. The highest BCUT2D eigenvalue weighted by Gasteiger charge is 2.17. The first kappa shape index (κ1) is 15.0. The van der Waals surface area contributed by atoms with Crippen LogP contribution in [0.25, 0.3) is 0 Å². The minimum atomic E-state index is -0.437. The molecule has 0 spiro atoms. The Morgan fingerprint density at radius 2 is 1.95 bits per heavy atom. The summed E-state index contributed by atoms with van der Waals surface area (Å²) in [6, 6.07) is 7.84. The van der Waals surface area contributed by atoms with E-state index in [0.29, 0.717) is 19.0 Å². The Kier molecular flexibility index (Phi) is 4.92. The third kappa shape index (κ3) is 3.59. The summed E-state index contributed by atoms with van der Waals surface area (Å²) in [6.45, 7) is 4.54. The standard InChI is InChI=1S/C15H19N3O3/c1-4-21-15(19)14-17-16-11(2)18(14)10-9-12-5-7-13(20-3)8-6-12/h5-8H,4,9-10H2,1-3H3. The summed E-state index contributed by atoms with van der Waals surface area (Å²) >= 11 is 0. The number of ether oxygens (including phenoxy) is 2. The molecule has 1 aromatic heterocycles. The zero-order valence-electron chi connectivity index (χ0n) is 12.5. The van der Waals surface area contributed by atoms with E-state index in [1.807, 2.05) is 31.2 Å². The molecule has 0 aliphatic carbocycles. The fourth-order valence-electron chi connectivity index (χ4n) is 2.03. The number of hydrogen-bond donors (Lipinski definition) is 0. The van der Waals surface area contributed by atoms with Crippen LogP contribution in [0.4, 0.5) is 0 Å². The summed E-state index contributed by atoms with van der Waals surface area (Å²) in [4.78, 5) is 11.8. The molecular formula is C15H19N3O3. The molecule has 2 aromatic rings. The topological polar surface area (TPSA) is 66.2 Å². The third-order valence-corrected chi connectivity index (χ3v) is 3.18. The average molecular weight is 289 g/mol. The molecule has 112 valence electrons. The van der Waals surface area contributed by atoms with Crippen molar-refractivity contribution in [2.24, 2.45) is 0 Å². The number of rotatable bonds is 6. The Hall–Kier alpha value is -2.37. The second kappa shape index (κ2) is 6.88. The van der Waals surface area contributed by atoms with E-state index < -0.39 is 5.97 Å². The van der Waals surface area contributed by atoms with Crippen LogP contribution in [-0.4, -0.2) is 34.5 Å². The second-order valence-electron chi connectivity index (χ2n) is 4.54. The van der Waals surface area contributed by atoms with Crippen molar-refractivity contribution in [2.75, 3.05) is 13.7 Å². The predicted octanol–water partition coefficient (Wildman–Crippen LogP) is 2.01. The molecule has 0 aliphatic heterocycles. The van der Waals surface area contributed by atoms with Crippen LogP contribution in [0, 0.1) is 6.92 Å². The van der Waals surface area contributed by atoms with Crippen molar-refractivity contribution in [3.05, 3.63) is 41.5 Å². The molecule has 1 aromatic carbocycles. The second-order valence-corrected chi connectivity index (χ2v) is 4.54. The molecule has 0 unspecified atom stereocenters. The molecule has 6 nitrogen and oxygen atoms in total. The lowest BCUT2D eigenvalue weighted by atomic mass is 10.1. The normalized spacial score (nSPS) is 10.4. The van der Waals surface area contributed by atoms with Crippen LogP contribution in [0.3, 0.4) is 0 Å². The number of esters is 1. The summed E-state index contributed by atoms with van der Waals surface area (Å²) in [6.07, 6.45) is 0.773. The molecule has 0 amide bonds. The minimum Gasteiger partial charge on any atom is -0.497 e. The molecule has 6 heteroatoms. The molecule has 0 N–H and O–H groups in total. The molecule has 0 atom stereocenters. The maximum atomic E-state index is 11.8. The van der Waals surface area contributed by atoms with Gasteiger partial charge in [0.25, 0.3) is 0 Å². The van der Waals surface area contributed by atoms with Gasteiger partial charge in [0.15, 0.2) is 0 Å². The van der Waals surface area contributed by atoms with Crippen LogP contribution in [0.5, 0.6) is 5.75 Å². The van der Waals surface area contributed by atoms with E-state index in [2.05, 4.69) is 10.2 Å². The summed E-state index contributed by atoms with van der Waals surface area (Å²) < 4.78 is 11.9. The first-order chi connectivity index (χ1) is 10.2. The van der Waals surface area contributed by atoms with E-state index in [1.165, 1.54) is 0 Å². The molecule has 1 heterocycles. The fourth-order valence-corrected chi connectivity index (χ4v) is 2.03. The Balaban J connectivity index is 2.08. The highest BCUT2D eigenvalue weighted by atomic mass is 16.5. The molecular weight excluding hydrogens is 270 g/mol. The SMILES string of the molecule is CCOC(=O)c1nnc(C)n1CCc1ccc(OC)cc1. The average Bonchev–Trinajstić information content (AvgIpc) is 2.87. The van der Waals surface area contributed by atoms with Crippen LogP contribution in [0.15, 0.2) is 24.3 Å². The van der Waals surface area contributed by atoms with Crippen molar-refractivity contribution in [2.45, 2.75) is 26.8 Å². The molecule has 2 rings (SSSR count). The van der Waals surface area contributed by atoms with Gasteiger partial charge in [0.1, 0.15) is 11.6 Å². The number of methoxy groups -OCH3 is 1. The number of nitrogens with zero attached hydrogens (tertiary/aromatic N) is 3. The third-order valence-electron chi connectivity index (χ3n) is 3.18. The Morgan fingerprint density at radius 3 is 2.57 bits per heavy atom. The van der Waals surface area contributed by atoms with Gasteiger partial charge in [-0.2, -0.15) is 0 Å². The van der Waals surface area contributed by atoms with Crippen LogP contribution in [0.1, 0.15) is 28.9 Å². The van der Waals surface area contributed by atoms with E-state index in [-0.39, 0.29) is 5.82 Å².